The van der Waals surface area contributed by atoms with E-state index >= 15 is 0 Å². The second-order valence-electron chi connectivity index (χ2n) is 9.41. The monoisotopic (exact) mass is 461 g/mol. The van der Waals surface area contributed by atoms with Crippen LogP contribution < -0.4 is 4.90 Å². The summed E-state index contributed by atoms with van der Waals surface area (Å²) in [5.74, 6) is 0.855. The van der Waals surface area contributed by atoms with E-state index in [1.807, 2.05) is 18.3 Å². The Morgan fingerprint density at radius 3 is 2.37 bits per heavy atom. The van der Waals surface area contributed by atoms with Crippen molar-refractivity contribution >= 4 is 16.7 Å². The fraction of sp³-hybridized carbons (Fsp3) is 0.194. The van der Waals surface area contributed by atoms with Gasteiger partial charge >= 0.3 is 0 Å². The molecule has 4 heteroatoms. The molecule has 0 saturated heterocycles. The summed E-state index contributed by atoms with van der Waals surface area (Å²) in [6.45, 7) is 4.73. The van der Waals surface area contributed by atoms with Gasteiger partial charge in [0.1, 0.15) is 11.6 Å². The zero-order chi connectivity index (χ0) is 23.8. The Hall–Kier alpha value is -3.92. The van der Waals surface area contributed by atoms with Gasteiger partial charge in [0.15, 0.2) is 0 Å². The van der Waals surface area contributed by atoms with E-state index in [1.165, 1.54) is 38.9 Å². The largest absolute Gasteiger partial charge is 0.351 e. The van der Waals surface area contributed by atoms with Crippen molar-refractivity contribution in [3.63, 3.8) is 0 Å². The van der Waals surface area contributed by atoms with E-state index in [0.29, 0.717) is 6.54 Å². The highest BCUT2D eigenvalue weighted by atomic mass is 19.1. The highest BCUT2D eigenvalue weighted by molar-refractivity contribution is 5.95. The van der Waals surface area contributed by atoms with Gasteiger partial charge in [0.25, 0.3) is 0 Å². The Morgan fingerprint density at radius 1 is 0.829 bits per heavy atom. The van der Waals surface area contributed by atoms with Gasteiger partial charge in [-0.25, -0.2) is 9.37 Å². The van der Waals surface area contributed by atoms with Gasteiger partial charge in [-0.05, 0) is 65.8 Å². The Morgan fingerprint density at radius 2 is 1.57 bits per heavy atom. The lowest BCUT2D eigenvalue weighted by atomic mass is 9.98. The highest BCUT2D eigenvalue weighted by Gasteiger charge is 2.24. The van der Waals surface area contributed by atoms with E-state index in [2.05, 4.69) is 77.1 Å². The molecule has 0 bridgehead atoms. The molecule has 0 unspecified atom stereocenters. The molecule has 6 rings (SSSR count). The first kappa shape index (κ1) is 21.6. The average Bonchev–Trinajstić information content (AvgIpc) is 3.16. The first-order valence-corrected chi connectivity index (χ1v) is 12.2. The van der Waals surface area contributed by atoms with Crippen molar-refractivity contribution in [3.05, 3.63) is 130 Å². The fourth-order valence-electron chi connectivity index (χ4n) is 5.39. The molecule has 5 aromatic rings. The Kier molecular flexibility index (Phi) is 5.57. The van der Waals surface area contributed by atoms with Crippen molar-refractivity contribution in [3.8, 4) is 0 Å². The number of anilines is 1. The fourth-order valence-corrected chi connectivity index (χ4v) is 5.39. The normalized spacial score (nSPS) is 13.3. The molecule has 3 aromatic carbocycles. The van der Waals surface area contributed by atoms with Crippen LogP contribution in [0, 0.1) is 12.7 Å². The van der Waals surface area contributed by atoms with E-state index in [-0.39, 0.29) is 5.82 Å². The topological polar surface area (TPSA) is 21.1 Å². The predicted octanol–water partition coefficient (Wildman–Crippen LogP) is 6.69. The van der Waals surface area contributed by atoms with Crippen molar-refractivity contribution in [2.45, 2.75) is 32.9 Å². The number of pyridine rings is 1. The third kappa shape index (κ3) is 4.10. The third-order valence-corrected chi connectivity index (χ3v) is 7.25. The summed E-state index contributed by atoms with van der Waals surface area (Å²) in [4.78, 5) is 7.37. The van der Waals surface area contributed by atoms with Crippen molar-refractivity contribution < 1.29 is 4.39 Å². The van der Waals surface area contributed by atoms with Gasteiger partial charge in [0.2, 0.25) is 0 Å². The standard InChI is InChI=1S/C31H28FN3/c1-22-28(19-23-7-3-2-4-8-23)30-29(35(22)20-24-11-13-27(32)14-12-24)15-17-33-31(30)34-18-16-25-9-5-6-10-26(25)21-34/h2-15,17H,16,18-21H2,1H3. The zero-order valence-electron chi connectivity index (χ0n) is 19.9. The number of halogens is 1. The Balaban J connectivity index is 1.49. The molecule has 0 atom stereocenters. The van der Waals surface area contributed by atoms with Crippen LogP contribution in [0.4, 0.5) is 10.2 Å². The van der Waals surface area contributed by atoms with Crippen LogP contribution >= 0.6 is 0 Å². The number of benzene rings is 3. The van der Waals surface area contributed by atoms with Crippen molar-refractivity contribution in [2.75, 3.05) is 11.4 Å². The van der Waals surface area contributed by atoms with Gasteiger partial charge in [0.05, 0.1) is 5.52 Å². The van der Waals surface area contributed by atoms with Gasteiger partial charge < -0.3 is 9.47 Å². The summed E-state index contributed by atoms with van der Waals surface area (Å²) in [5, 5.41) is 1.23. The zero-order valence-corrected chi connectivity index (χ0v) is 19.9. The van der Waals surface area contributed by atoms with Crippen molar-refractivity contribution in [2.24, 2.45) is 0 Å². The number of hydrogen-bond donors (Lipinski definition) is 0. The number of rotatable bonds is 5. The molecule has 35 heavy (non-hydrogen) atoms. The summed E-state index contributed by atoms with van der Waals surface area (Å²) >= 11 is 0. The summed E-state index contributed by atoms with van der Waals surface area (Å²) in [6.07, 6.45) is 3.81. The minimum Gasteiger partial charge on any atom is -0.351 e. The molecule has 1 aliphatic heterocycles. The molecule has 0 amide bonds. The smallest absolute Gasteiger partial charge is 0.138 e. The molecule has 0 spiro atoms. The molecule has 0 radical (unpaired) electrons. The number of nitrogens with zero attached hydrogens (tertiary/aromatic N) is 3. The second kappa shape index (κ2) is 9.03. The molecular formula is C31H28FN3. The van der Waals surface area contributed by atoms with Crippen LogP contribution in [-0.4, -0.2) is 16.1 Å². The first-order chi connectivity index (χ1) is 17.2. The van der Waals surface area contributed by atoms with Crippen molar-refractivity contribution in [1.29, 1.82) is 0 Å². The maximum atomic E-state index is 13.5. The number of fused-ring (bicyclic) bond motifs is 2. The van der Waals surface area contributed by atoms with Gasteiger partial charge in [0, 0.05) is 36.9 Å². The first-order valence-electron chi connectivity index (χ1n) is 12.2. The van der Waals surface area contributed by atoms with Crippen LogP contribution in [0.1, 0.15) is 33.5 Å². The van der Waals surface area contributed by atoms with E-state index < -0.39 is 0 Å². The van der Waals surface area contributed by atoms with Gasteiger partial charge in [-0.15, -0.1) is 0 Å². The predicted molar refractivity (Wildman–Crippen MR) is 140 cm³/mol. The minimum atomic E-state index is -0.204. The Bertz CT molecular complexity index is 1490. The summed E-state index contributed by atoms with van der Waals surface area (Å²) < 4.78 is 15.9. The minimum absolute atomic E-state index is 0.204. The summed E-state index contributed by atoms with van der Waals surface area (Å²) in [5.41, 5.74) is 8.92. The van der Waals surface area contributed by atoms with E-state index in [9.17, 15) is 4.39 Å². The Labute approximate surface area is 205 Å². The molecule has 0 fully saturated rings. The quantitative estimate of drug-likeness (QED) is 0.291. The molecule has 2 aromatic heterocycles. The third-order valence-electron chi connectivity index (χ3n) is 7.25. The number of aromatic nitrogens is 2. The molecule has 0 saturated carbocycles. The maximum absolute atomic E-state index is 13.5. The van der Waals surface area contributed by atoms with Gasteiger partial charge in [-0.2, -0.15) is 0 Å². The lowest BCUT2D eigenvalue weighted by molar-refractivity contribution is 0.626. The number of hydrogen-bond acceptors (Lipinski definition) is 2. The molecule has 174 valence electrons. The van der Waals surface area contributed by atoms with Crippen LogP contribution in [0.5, 0.6) is 0 Å². The van der Waals surface area contributed by atoms with Crippen LogP contribution in [-0.2, 0) is 25.9 Å². The average molecular weight is 462 g/mol. The van der Waals surface area contributed by atoms with Crippen molar-refractivity contribution in [1.82, 2.24) is 9.55 Å². The van der Waals surface area contributed by atoms with Crippen LogP contribution in [0.15, 0.2) is 91.1 Å². The maximum Gasteiger partial charge on any atom is 0.138 e. The van der Waals surface area contributed by atoms with Gasteiger partial charge in [-0.1, -0.05) is 66.7 Å². The lowest BCUT2D eigenvalue weighted by Crippen LogP contribution is -2.31. The van der Waals surface area contributed by atoms with Crippen LogP contribution in [0.3, 0.4) is 0 Å². The molecular weight excluding hydrogens is 433 g/mol. The lowest BCUT2D eigenvalue weighted by Gasteiger charge is -2.30. The molecule has 3 nitrogen and oxygen atoms in total. The summed E-state index contributed by atoms with van der Waals surface area (Å²) in [7, 11) is 0. The van der Waals surface area contributed by atoms with Gasteiger partial charge in [-0.3, -0.25) is 0 Å². The highest BCUT2D eigenvalue weighted by Crippen LogP contribution is 2.36. The van der Waals surface area contributed by atoms with E-state index in [1.54, 1.807) is 12.1 Å². The molecule has 1 aliphatic rings. The molecule has 0 N–H and O–H groups in total. The van der Waals surface area contributed by atoms with E-state index in [0.717, 1.165) is 37.3 Å². The second-order valence-corrected chi connectivity index (χ2v) is 9.41. The van der Waals surface area contributed by atoms with Crippen LogP contribution in [0.25, 0.3) is 10.9 Å². The molecule has 3 heterocycles. The van der Waals surface area contributed by atoms with Crippen LogP contribution in [0.2, 0.25) is 0 Å². The van der Waals surface area contributed by atoms with E-state index in [4.69, 9.17) is 4.98 Å². The SMILES string of the molecule is Cc1c(Cc2ccccc2)c2c(N3CCc4ccccc4C3)nccc2n1Cc1ccc(F)cc1. The molecule has 0 aliphatic carbocycles. The summed E-state index contributed by atoms with van der Waals surface area (Å²) in [6, 6.07) is 28.3.